The number of ether oxygens (including phenoxy) is 2. The Morgan fingerprint density at radius 3 is 2.42 bits per heavy atom. The minimum Gasteiger partial charge on any atom is -0.347 e. The van der Waals surface area contributed by atoms with Crippen molar-refractivity contribution in [3.8, 4) is 0 Å². The van der Waals surface area contributed by atoms with E-state index < -0.39 is 21.7 Å². The van der Waals surface area contributed by atoms with E-state index in [0.717, 1.165) is 4.31 Å². The highest BCUT2D eigenvalue weighted by Crippen LogP contribution is 2.32. The van der Waals surface area contributed by atoms with E-state index in [9.17, 15) is 18.0 Å². The zero-order valence-corrected chi connectivity index (χ0v) is 15.0. The monoisotopic (exact) mass is 380 g/mol. The molecule has 3 saturated heterocycles. The molecule has 3 aliphatic rings. The lowest BCUT2D eigenvalue weighted by Gasteiger charge is -2.37. The fourth-order valence-electron chi connectivity index (χ4n) is 3.65. The molecule has 26 heavy (non-hydrogen) atoms. The molecule has 4 rings (SSSR count). The number of carbonyl (C=O) groups is 2. The summed E-state index contributed by atoms with van der Waals surface area (Å²) in [7, 11) is -3.65. The average molecular weight is 380 g/mol. The molecule has 3 fully saturated rings. The fourth-order valence-corrected chi connectivity index (χ4v) is 5.10. The van der Waals surface area contributed by atoms with Crippen molar-refractivity contribution in [2.75, 3.05) is 36.4 Å². The molecule has 3 aliphatic heterocycles. The van der Waals surface area contributed by atoms with Crippen LogP contribution in [0.2, 0.25) is 0 Å². The molecule has 1 spiro atoms. The standard InChI is InChI=1S/C17H20N2O6S/c20-15-4-11-26(22,23)19(15)14-3-1-2-13(12-14)16(21)18-7-5-17(6-8-18)24-9-10-25-17/h1-3,12H,4-11H2. The molecule has 3 heterocycles. The van der Waals surface area contributed by atoms with E-state index in [0.29, 0.717) is 44.7 Å². The third-order valence-corrected chi connectivity index (χ3v) is 6.72. The van der Waals surface area contributed by atoms with E-state index in [-0.39, 0.29) is 23.8 Å². The van der Waals surface area contributed by atoms with Crippen molar-refractivity contribution in [1.82, 2.24) is 4.90 Å². The Labute approximate surface area is 151 Å². The number of carbonyl (C=O) groups excluding carboxylic acids is 2. The van der Waals surface area contributed by atoms with Gasteiger partial charge in [-0.2, -0.15) is 0 Å². The Morgan fingerprint density at radius 2 is 1.81 bits per heavy atom. The molecule has 1 aromatic carbocycles. The Hall–Kier alpha value is -1.97. The van der Waals surface area contributed by atoms with Gasteiger partial charge in [0.15, 0.2) is 5.79 Å². The van der Waals surface area contributed by atoms with Gasteiger partial charge in [-0.15, -0.1) is 0 Å². The molecule has 0 atom stereocenters. The number of hydrogen-bond donors (Lipinski definition) is 0. The summed E-state index contributed by atoms with van der Waals surface area (Å²) < 4.78 is 36.3. The lowest BCUT2D eigenvalue weighted by molar-refractivity contribution is -0.181. The normalized spacial score (nSPS) is 24.4. The Bertz CT molecular complexity index is 837. The third kappa shape index (κ3) is 3.00. The van der Waals surface area contributed by atoms with Crippen LogP contribution in [0.25, 0.3) is 0 Å². The molecule has 8 nitrogen and oxygen atoms in total. The number of amides is 2. The second-order valence-corrected chi connectivity index (χ2v) is 8.61. The van der Waals surface area contributed by atoms with Gasteiger partial charge in [0.1, 0.15) is 0 Å². The zero-order valence-electron chi connectivity index (χ0n) is 14.2. The van der Waals surface area contributed by atoms with Crippen LogP contribution < -0.4 is 4.31 Å². The van der Waals surface area contributed by atoms with Gasteiger partial charge >= 0.3 is 0 Å². The minimum atomic E-state index is -3.65. The largest absolute Gasteiger partial charge is 0.347 e. The van der Waals surface area contributed by atoms with Crippen LogP contribution in [0.4, 0.5) is 5.69 Å². The molecule has 0 bridgehead atoms. The molecule has 9 heteroatoms. The summed E-state index contributed by atoms with van der Waals surface area (Å²) in [6.07, 6.45) is 1.18. The van der Waals surface area contributed by atoms with Crippen LogP contribution in [0, 0.1) is 0 Å². The topological polar surface area (TPSA) is 93.2 Å². The van der Waals surface area contributed by atoms with Gasteiger partial charge in [-0.3, -0.25) is 9.59 Å². The van der Waals surface area contributed by atoms with Gasteiger partial charge in [0, 0.05) is 37.9 Å². The van der Waals surface area contributed by atoms with Gasteiger partial charge in [0.25, 0.3) is 5.91 Å². The van der Waals surface area contributed by atoms with Crippen LogP contribution >= 0.6 is 0 Å². The number of likely N-dealkylation sites (tertiary alicyclic amines) is 1. The highest BCUT2D eigenvalue weighted by molar-refractivity contribution is 7.94. The van der Waals surface area contributed by atoms with Crippen molar-refractivity contribution in [2.24, 2.45) is 0 Å². The van der Waals surface area contributed by atoms with Crippen LogP contribution in [0.3, 0.4) is 0 Å². The van der Waals surface area contributed by atoms with Gasteiger partial charge < -0.3 is 14.4 Å². The molecule has 0 aromatic heterocycles. The SMILES string of the molecule is O=C(c1cccc(N2C(=O)CCS2(=O)=O)c1)N1CCC2(CC1)OCCO2. The summed E-state index contributed by atoms with van der Waals surface area (Å²) in [4.78, 5) is 26.4. The molecular formula is C17H20N2O6S. The van der Waals surface area contributed by atoms with E-state index in [2.05, 4.69) is 0 Å². The third-order valence-electron chi connectivity index (χ3n) is 5.03. The average Bonchev–Trinajstić information content (AvgIpc) is 3.19. The van der Waals surface area contributed by atoms with Crippen molar-refractivity contribution < 1.29 is 27.5 Å². The maximum Gasteiger partial charge on any atom is 0.253 e. The summed E-state index contributed by atoms with van der Waals surface area (Å²) in [5.74, 6) is -1.42. The summed E-state index contributed by atoms with van der Waals surface area (Å²) >= 11 is 0. The van der Waals surface area contributed by atoms with E-state index in [1.807, 2.05) is 0 Å². The lowest BCUT2D eigenvalue weighted by Crippen LogP contribution is -2.47. The van der Waals surface area contributed by atoms with Crippen LogP contribution in [-0.2, 0) is 24.3 Å². The predicted octanol–water partition coefficient (Wildman–Crippen LogP) is 0.732. The Morgan fingerprint density at radius 1 is 1.12 bits per heavy atom. The van der Waals surface area contributed by atoms with E-state index in [1.165, 1.54) is 12.1 Å². The zero-order chi connectivity index (χ0) is 18.4. The molecule has 0 aliphatic carbocycles. The molecule has 2 amide bonds. The van der Waals surface area contributed by atoms with Crippen molar-refractivity contribution in [2.45, 2.75) is 25.0 Å². The first-order chi connectivity index (χ1) is 12.4. The second-order valence-electron chi connectivity index (χ2n) is 6.67. The predicted molar refractivity (Wildman–Crippen MR) is 92.1 cm³/mol. The smallest absolute Gasteiger partial charge is 0.253 e. The van der Waals surface area contributed by atoms with Gasteiger partial charge in [0.2, 0.25) is 15.9 Å². The van der Waals surface area contributed by atoms with Gasteiger partial charge in [-0.05, 0) is 18.2 Å². The van der Waals surface area contributed by atoms with Crippen LogP contribution in [0.15, 0.2) is 24.3 Å². The summed E-state index contributed by atoms with van der Waals surface area (Å²) in [6.45, 7) is 2.16. The number of rotatable bonds is 2. The number of nitrogens with zero attached hydrogens (tertiary/aromatic N) is 2. The van der Waals surface area contributed by atoms with E-state index in [1.54, 1.807) is 17.0 Å². The second kappa shape index (κ2) is 6.33. The maximum atomic E-state index is 12.8. The van der Waals surface area contributed by atoms with Crippen molar-refractivity contribution in [3.63, 3.8) is 0 Å². The van der Waals surface area contributed by atoms with Gasteiger partial charge in [-0.1, -0.05) is 6.07 Å². The molecule has 140 valence electrons. The summed E-state index contributed by atoms with van der Waals surface area (Å²) in [6, 6.07) is 6.23. The first-order valence-electron chi connectivity index (χ1n) is 8.63. The number of hydrogen-bond acceptors (Lipinski definition) is 6. The number of benzene rings is 1. The lowest BCUT2D eigenvalue weighted by atomic mass is 10.0. The Kier molecular flexibility index (Phi) is 4.25. The molecular weight excluding hydrogens is 360 g/mol. The van der Waals surface area contributed by atoms with Crippen molar-refractivity contribution in [1.29, 1.82) is 0 Å². The minimum absolute atomic E-state index is 0.0330. The van der Waals surface area contributed by atoms with E-state index >= 15 is 0 Å². The maximum absolute atomic E-state index is 12.8. The van der Waals surface area contributed by atoms with Crippen molar-refractivity contribution >= 4 is 27.5 Å². The van der Waals surface area contributed by atoms with E-state index in [4.69, 9.17) is 9.47 Å². The highest BCUT2D eigenvalue weighted by Gasteiger charge is 2.41. The van der Waals surface area contributed by atoms with Crippen molar-refractivity contribution in [3.05, 3.63) is 29.8 Å². The first-order valence-corrected chi connectivity index (χ1v) is 10.2. The molecule has 0 radical (unpaired) electrons. The summed E-state index contributed by atoms with van der Waals surface area (Å²) in [5.41, 5.74) is 0.580. The molecule has 0 N–H and O–H groups in total. The highest BCUT2D eigenvalue weighted by atomic mass is 32.2. The quantitative estimate of drug-likeness (QED) is 0.751. The van der Waals surface area contributed by atoms with Crippen LogP contribution in [-0.4, -0.2) is 63.0 Å². The molecule has 1 aromatic rings. The fraction of sp³-hybridized carbons (Fsp3) is 0.529. The number of sulfonamides is 1. The van der Waals surface area contributed by atoms with Crippen LogP contribution in [0.1, 0.15) is 29.6 Å². The van der Waals surface area contributed by atoms with Gasteiger partial charge in [0.05, 0.1) is 24.7 Å². The molecule has 0 unspecified atom stereocenters. The Balaban J connectivity index is 1.52. The number of piperidine rings is 1. The first kappa shape index (κ1) is 17.4. The summed E-state index contributed by atoms with van der Waals surface area (Å²) in [5, 5.41) is 0. The van der Waals surface area contributed by atoms with Gasteiger partial charge in [-0.25, -0.2) is 12.7 Å². The van der Waals surface area contributed by atoms with Crippen LogP contribution in [0.5, 0.6) is 0 Å². The molecule has 0 saturated carbocycles. The number of anilines is 1.